The van der Waals surface area contributed by atoms with Gasteiger partial charge in [-0.1, -0.05) is 42.5 Å². The molecular weight excluding hydrogens is 298 g/mol. The SMILES string of the molecule is Cc1ccc(C)c(OCCC(=O)NC2(c3ccccc3)CCC2)c1. The minimum atomic E-state index is -0.169. The normalized spacial score (nSPS) is 15.4. The zero-order chi connectivity index (χ0) is 17.0. The number of nitrogens with one attached hydrogen (secondary N) is 1. The lowest BCUT2D eigenvalue weighted by molar-refractivity contribution is -0.124. The number of benzene rings is 2. The molecule has 0 atom stereocenters. The molecule has 0 spiro atoms. The second-order valence-corrected chi connectivity index (χ2v) is 6.72. The highest BCUT2D eigenvalue weighted by atomic mass is 16.5. The quantitative estimate of drug-likeness (QED) is 0.862. The monoisotopic (exact) mass is 323 g/mol. The molecular formula is C21H25NO2. The van der Waals surface area contributed by atoms with E-state index in [4.69, 9.17) is 4.74 Å². The fourth-order valence-corrected chi connectivity index (χ4v) is 3.22. The highest BCUT2D eigenvalue weighted by molar-refractivity contribution is 5.77. The van der Waals surface area contributed by atoms with Gasteiger partial charge in [0.1, 0.15) is 5.75 Å². The fraction of sp³-hybridized carbons (Fsp3) is 0.381. The molecule has 1 N–H and O–H groups in total. The van der Waals surface area contributed by atoms with Gasteiger partial charge in [-0.2, -0.15) is 0 Å². The zero-order valence-electron chi connectivity index (χ0n) is 14.5. The van der Waals surface area contributed by atoms with E-state index in [1.54, 1.807) is 0 Å². The average molecular weight is 323 g/mol. The van der Waals surface area contributed by atoms with Crippen molar-refractivity contribution in [2.24, 2.45) is 0 Å². The lowest BCUT2D eigenvalue weighted by Gasteiger charge is -2.43. The highest BCUT2D eigenvalue weighted by Crippen LogP contribution is 2.41. The van der Waals surface area contributed by atoms with E-state index < -0.39 is 0 Å². The summed E-state index contributed by atoms with van der Waals surface area (Å²) in [5, 5.41) is 3.24. The summed E-state index contributed by atoms with van der Waals surface area (Å²) in [6.45, 7) is 4.47. The Morgan fingerprint density at radius 2 is 1.88 bits per heavy atom. The van der Waals surface area contributed by atoms with Gasteiger partial charge in [0.05, 0.1) is 18.6 Å². The Morgan fingerprint density at radius 1 is 1.12 bits per heavy atom. The van der Waals surface area contributed by atoms with E-state index in [1.807, 2.05) is 44.2 Å². The fourth-order valence-electron chi connectivity index (χ4n) is 3.22. The van der Waals surface area contributed by atoms with Gasteiger partial charge in [0.2, 0.25) is 5.91 Å². The van der Waals surface area contributed by atoms with Gasteiger partial charge in [-0.05, 0) is 55.9 Å². The standard InChI is InChI=1S/C21H25NO2/c1-16-9-10-17(2)19(15-16)24-14-11-20(23)22-21(12-6-13-21)18-7-4-3-5-8-18/h3-5,7-10,15H,6,11-14H2,1-2H3,(H,22,23). The predicted octanol–water partition coefficient (Wildman–Crippen LogP) is 4.27. The van der Waals surface area contributed by atoms with Gasteiger partial charge in [0, 0.05) is 0 Å². The van der Waals surface area contributed by atoms with Crippen LogP contribution < -0.4 is 10.1 Å². The van der Waals surface area contributed by atoms with E-state index >= 15 is 0 Å². The van der Waals surface area contributed by atoms with E-state index in [0.717, 1.165) is 36.1 Å². The van der Waals surface area contributed by atoms with Crippen molar-refractivity contribution in [3.8, 4) is 5.75 Å². The lowest BCUT2D eigenvalue weighted by Crippen LogP contribution is -2.51. The summed E-state index contributed by atoms with van der Waals surface area (Å²) in [4.78, 5) is 12.4. The van der Waals surface area contributed by atoms with Crippen LogP contribution in [0.15, 0.2) is 48.5 Å². The maximum atomic E-state index is 12.4. The minimum absolute atomic E-state index is 0.0591. The molecule has 0 bridgehead atoms. The summed E-state index contributed by atoms with van der Waals surface area (Å²) >= 11 is 0. The molecule has 0 radical (unpaired) electrons. The number of carbonyl (C=O) groups excluding carboxylic acids is 1. The van der Waals surface area contributed by atoms with Crippen LogP contribution in [0.4, 0.5) is 0 Å². The van der Waals surface area contributed by atoms with Crippen LogP contribution in [0.1, 0.15) is 42.4 Å². The topological polar surface area (TPSA) is 38.3 Å². The summed E-state index contributed by atoms with van der Waals surface area (Å²) in [7, 11) is 0. The number of hydrogen-bond donors (Lipinski definition) is 1. The van der Waals surface area contributed by atoms with E-state index in [0.29, 0.717) is 13.0 Å². The van der Waals surface area contributed by atoms with Gasteiger partial charge in [-0.3, -0.25) is 4.79 Å². The van der Waals surface area contributed by atoms with Crippen molar-refractivity contribution >= 4 is 5.91 Å². The highest BCUT2D eigenvalue weighted by Gasteiger charge is 2.39. The van der Waals surface area contributed by atoms with E-state index in [2.05, 4.69) is 23.5 Å². The van der Waals surface area contributed by atoms with Crippen molar-refractivity contribution in [1.29, 1.82) is 0 Å². The molecule has 0 aromatic heterocycles. The number of aryl methyl sites for hydroxylation is 2. The van der Waals surface area contributed by atoms with Crippen LogP contribution in [-0.4, -0.2) is 12.5 Å². The molecule has 2 aromatic carbocycles. The van der Waals surface area contributed by atoms with Gasteiger partial charge >= 0.3 is 0 Å². The molecule has 0 unspecified atom stereocenters. The summed E-state index contributed by atoms with van der Waals surface area (Å²) in [5.74, 6) is 0.924. The Balaban J connectivity index is 1.55. The molecule has 1 saturated carbocycles. The van der Waals surface area contributed by atoms with Crippen molar-refractivity contribution in [2.75, 3.05) is 6.61 Å². The Labute approximate surface area is 144 Å². The first-order chi connectivity index (χ1) is 11.6. The van der Waals surface area contributed by atoms with Crippen LogP contribution >= 0.6 is 0 Å². The third-order valence-corrected chi connectivity index (χ3v) is 4.84. The molecule has 0 saturated heterocycles. The second kappa shape index (κ2) is 7.08. The minimum Gasteiger partial charge on any atom is -0.493 e. The lowest BCUT2D eigenvalue weighted by atomic mass is 9.71. The number of amides is 1. The van der Waals surface area contributed by atoms with Gasteiger partial charge in [-0.25, -0.2) is 0 Å². The molecule has 3 heteroatoms. The number of rotatable bonds is 6. The average Bonchev–Trinajstić information content (AvgIpc) is 2.55. The van der Waals surface area contributed by atoms with Crippen molar-refractivity contribution in [3.63, 3.8) is 0 Å². The van der Waals surface area contributed by atoms with Crippen LogP contribution in [0.25, 0.3) is 0 Å². The maximum Gasteiger partial charge on any atom is 0.224 e. The first-order valence-electron chi connectivity index (χ1n) is 8.66. The third-order valence-electron chi connectivity index (χ3n) is 4.84. The summed E-state index contributed by atoms with van der Waals surface area (Å²) < 4.78 is 5.80. The van der Waals surface area contributed by atoms with Gasteiger partial charge in [0.15, 0.2) is 0 Å². The molecule has 1 amide bonds. The van der Waals surface area contributed by atoms with Gasteiger partial charge in [-0.15, -0.1) is 0 Å². The summed E-state index contributed by atoms with van der Waals surface area (Å²) in [6.07, 6.45) is 3.57. The molecule has 3 nitrogen and oxygen atoms in total. The van der Waals surface area contributed by atoms with Crippen LogP contribution in [0, 0.1) is 13.8 Å². The number of carbonyl (C=O) groups is 1. The van der Waals surface area contributed by atoms with Gasteiger partial charge in [0.25, 0.3) is 0 Å². The van der Waals surface area contributed by atoms with E-state index in [-0.39, 0.29) is 11.4 Å². The van der Waals surface area contributed by atoms with Crippen LogP contribution in [0.3, 0.4) is 0 Å². The smallest absolute Gasteiger partial charge is 0.224 e. The van der Waals surface area contributed by atoms with Crippen molar-refractivity contribution < 1.29 is 9.53 Å². The predicted molar refractivity (Wildman–Crippen MR) is 96.1 cm³/mol. The Hall–Kier alpha value is -2.29. The maximum absolute atomic E-state index is 12.4. The third kappa shape index (κ3) is 3.61. The zero-order valence-corrected chi connectivity index (χ0v) is 14.5. The molecule has 0 heterocycles. The van der Waals surface area contributed by atoms with E-state index in [1.165, 1.54) is 5.56 Å². The van der Waals surface area contributed by atoms with Crippen LogP contribution in [0.5, 0.6) is 5.75 Å². The molecule has 1 fully saturated rings. The van der Waals surface area contributed by atoms with Crippen LogP contribution in [0.2, 0.25) is 0 Å². The Bertz CT molecular complexity index is 705. The van der Waals surface area contributed by atoms with Crippen molar-refractivity contribution in [2.45, 2.75) is 45.1 Å². The van der Waals surface area contributed by atoms with Crippen molar-refractivity contribution in [3.05, 3.63) is 65.2 Å². The largest absolute Gasteiger partial charge is 0.493 e. The molecule has 24 heavy (non-hydrogen) atoms. The Kier molecular flexibility index (Phi) is 4.89. The molecule has 1 aliphatic carbocycles. The molecule has 2 aromatic rings. The van der Waals surface area contributed by atoms with Crippen molar-refractivity contribution in [1.82, 2.24) is 5.32 Å². The second-order valence-electron chi connectivity index (χ2n) is 6.72. The van der Waals surface area contributed by atoms with Crippen LogP contribution in [-0.2, 0) is 10.3 Å². The molecule has 0 aliphatic heterocycles. The summed E-state index contributed by atoms with van der Waals surface area (Å²) in [5.41, 5.74) is 3.30. The molecule has 126 valence electrons. The first-order valence-corrected chi connectivity index (χ1v) is 8.66. The molecule has 3 rings (SSSR count). The molecule has 1 aliphatic rings. The first kappa shape index (κ1) is 16.6. The van der Waals surface area contributed by atoms with Gasteiger partial charge < -0.3 is 10.1 Å². The number of ether oxygens (including phenoxy) is 1. The summed E-state index contributed by atoms with van der Waals surface area (Å²) in [6, 6.07) is 16.4. The Morgan fingerprint density at radius 3 is 2.54 bits per heavy atom. The number of hydrogen-bond acceptors (Lipinski definition) is 2. The van der Waals surface area contributed by atoms with E-state index in [9.17, 15) is 4.79 Å².